The van der Waals surface area contributed by atoms with Crippen LogP contribution in [0, 0.1) is 5.92 Å². The summed E-state index contributed by atoms with van der Waals surface area (Å²) < 4.78 is 39.5. The number of H-pyrrole nitrogens is 1. The predicted octanol–water partition coefficient (Wildman–Crippen LogP) is 3.27. The number of alkyl halides is 3. The van der Waals surface area contributed by atoms with Crippen LogP contribution in [0.2, 0.25) is 5.02 Å². The average Bonchev–Trinajstić information content (AvgIpc) is 2.69. The number of piperidine rings is 1. The van der Waals surface area contributed by atoms with Crippen LogP contribution in [0.1, 0.15) is 34.3 Å². The van der Waals surface area contributed by atoms with Gasteiger partial charge in [-0.1, -0.05) is 29.8 Å². The first-order valence-corrected chi connectivity index (χ1v) is 9.87. The van der Waals surface area contributed by atoms with Crippen molar-refractivity contribution in [1.82, 2.24) is 15.2 Å². The molecule has 2 heterocycles. The summed E-state index contributed by atoms with van der Waals surface area (Å²) in [6.07, 6.45) is -2.91. The zero-order valence-corrected chi connectivity index (χ0v) is 16.8. The summed E-state index contributed by atoms with van der Waals surface area (Å²) in [5, 5.41) is 2.81. The fourth-order valence-electron chi connectivity index (χ4n) is 3.54. The maximum atomic E-state index is 13.2. The number of halogens is 4. The Bertz CT molecular complexity index is 969. The van der Waals surface area contributed by atoms with Gasteiger partial charge in [0.25, 0.3) is 11.5 Å². The zero-order valence-electron chi connectivity index (χ0n) is 16.1. The van der Waals surface area contributed by atoms with Crippen molar-refractivity contribution in [2.45, 2.75) is 25.6 Å². The molecule has 0 saturated carbocycles. The number of nitrogen functional groups attached to an aromatic ring is 1. The minimum atomic E-state index is -4.37. The minimum Gasteiger partial charge on any atom is -0.384 e. The summed E-state index contributed by atoms with van der Waals surface area (Å²) in [6, 6.07) is 6.83. The van der Waals surface area contributed by atoms with E-state index in [-0.39, 0.29) is 34.4 Å². The van der Waals surface area contributed by atoms with Gasteiger partial charge >= 0.3 is 6.18 Å². The van der Waals surface area contributed by atoms with Crippen LogP contribution in [0.25, 0.3) is 0 Å². The molecule has 1 amide bonds. The number of nitrogens with one attached hydrogen (secondary N) is 2. The number of carbonyl (C=O) groups excluding carboxylic acids is 1. The third kappa shape index (κ3) is 5.34. The molecule has 1 saturated heterocycles. The Kier molecular flexibility index (Phi) is 6.72. The van der Waals surface area contributed by atoms with Crippen molar-refractivity contribution in [3.63, 3.8) is 0 Å². The van der Waals surface area contributed by atoms with Gasteiger partial charge in [-0.2, -0.15) is 13.2 Å². The second-order valence-electron chi connectivity index (χ2n) is 7.36. The number of benzene rings is 1. The number of pyridine rings is 1. The largest absolute Gasteiger partial charge is 0.416 e. The molecule has 162 valence electrons. The standard InChI is InChI=1S/C20H22ClF3N4O2/c21-16-9-14(19(30)27-17(16)25)18(29)26-10-12-5-7-28(8-6-12)11-13-3-1-2-4-15(13)20(22,23)24/h1-4,9,12H,5-8,10-11H2,(H,26,29)(H3,25,27,30). The topological polar surface area (TPSA) is 91.2 Å². The van der Waals surface area contributed by atoms with E-state index >= 15 is 0 Å². The lowest BCUT2D eigenvalue weighted by Crippen LogP contribution is -2.39. The number of anilines is 1. The Morgan fingerprint density at radius 2 is 1.93 bits per heavy atom. The van der Waals surface area contributed by atoms with E-state index in [4.69, 9.17) is 17.3 Å². The van der Waals surface area contributed by atoms with E-state index in [0.29, 0.717) is 19.6 Å². The summed E-state index contributed by atoms with van der Waals surface area (Å²) in [6.45, 7) is 1.85. The Hall–Kier alpha value is -2.52. The lowest BCUT2D eigenvalue weighted by molar-refractivity contribution is -0.138. The molecule has 10 heteroatoms. The van der Waals surface area contributed by atoms with Crippen LogP contribution in [0.3, 0.4) is 0 Å². The summed E-state index contributed by atoms with van der Waals surface area (Å²) >= 11 is 5.85. The molecule has 0 aliphatic carbocycles. The Balaban J connectivity index is 1.52. The molecule has 3 rings (SSSR count). The molecule has 0 unspecified atom stereocenters. The van der Waals surface area contributed by atoms with Gasteiger partial charge < -0.3 is 16.0 Å². The minimum absolute atomic E-state index is 0.00214. The molecule has 30 heavy (non-hydrogen) atoms. The van der Waals surface area contributed by atoms with Crippen LogP contribution in [-0.4, -0.2) is 35.4 Å². The van der Waals surface area contributed by atoms with Crippen molar-refractivity contribution < 1.29 is 18.0 Å². The maximum Gasteiger partial charge on any atom is 0.416 e. The van der Waals surface area contributed by atoms with Crippen LogP contribution >= 0.6 is 11.6 Å². The highest BCUT2D eigenvalue weighted by Gasteiger charge is 2.33. The number of amides is 1. The van der Waals surface area contributed by atoms with Gasteiger partial charge in [-0.25, -0.2) is 0 Å². The van der Waals surface area contributed by atoms with Gasteiger partial charge in [0.05, 0.1) is 10.6 Å². The highest BCUT2D eigenvalue weighted by Crippen LogP contribution is 2.33. The molecular formula is C20H22ClF3N4O2. The second-order valence-corrected chi connectivity index (χ2v) is 7.77. The summed E-state index contributed by atoms with van der Waals surface area (Å²) in [7, 11) is 0. The van der Waals surface area contributed by atoms with Crippen molar-refractivity contribution in [3.05, 3.63) is 62.4 Å². The zero-order chi connectivity index (χ0) is 21.9. The van der Waals surface area contributed by atoms with E-state index in [1.165, 1.54) is 18.2 Å². The number of hydrogen-bond acceptors (Lipinski definition) is 4. The molecule has 1 fully saturated rings. The third-order valence-electron chi connectivity index (χ3n) is 5.24. The van der Waals surface area contributed by atoms with Gasteiger partial charge in [0, 0.05) is 13.1 Å². The van der Waals surface area contributed by atoms with Crippen LogP contribution in [0.15, 0.2) is 35.1 Å². The monoisotopic (exact) mass is 442 g/mol. The van der Waals surface area contributed by atoms with Crippen molar-refractivity contribution >= 4 is 23.3 Å². The molecule has 4 N–H and O–H groups in total. The molecule has 6 nitrogen and oxygen atoms in total. The highest BCUT2D eigenvalue weighted by molar-refractivity contribution is 6.33. The molecule has 0 atom stereocenters. The second kappa shape index (κ2) is 9.09. The molecule has 1 aliphatic rings. The summed E-state index contributed by atoms with van der Waals surface area (Å²) in [4.78, 5) is 28.4. The Morgan fingerprint density at radius 1 is 1.27 bits per heavy atom. The van der Waals surface area contributed by atoms with E-state index in [0.717, 1.165) is 18.9 Å². The van der Waals surface area contributed by atoms with Crippen LogP contribution in [0.4, 0.5) is 19.0 Å². The number of aromatic nitrogens is 1. The quantitative estimate of drug-likeness (QED) is 0.662. The van der Waals surface area contributed by atoms with E-state index in [9.17, 15) is 22.8 Å². The van der Waals surface area contributed by atoms with Crippen LogP contribution in [-0.2, 0) is 12.7 Å². The Labute approximate surface area is 176 Å². The van der Waals surface area contributed by atoms with Gasteiger partial charge in [0.1, 0.15) is 11.4 Å². The predicted molar refractivity (Wildman–Crippen MR) is 108 cm³/mol. The van der Waals surface area contributed by atoms with Crippen molar-refractivity contribution in [2.24, 2.45) is 5.92 Å². The van der Waals surface area contributed by atoms with Crippen molar-refractivity contribution in [2.75, 3.05) is 25.4 Å². The first-order valence-electron chi connectivity index (χ1n) is 9.49. The van der Waals surface area contributed by atoms with Crippen LogP contribution in [0.5, 0.6) is 0 Å². The van der Waals surface area contributed by atoms with E-state index in [1.807, 2.05) is 4.90 Å². The third-order valence-corrected chi connectivity index (χ3v) is 5.55. The number of likely N-dealkylation sites (tertiary alicyclic amines) is 1. The SMILES string of the molecule is Nc1[nH]c(=O)c(C(=O)NCC2CCN(Cc3ccccc3C(F)(F)F)CC2)cc1Cl. The summed E-state index contributed by atoms with van der Waals surface area (Å²) in [5.74, 6) is -0.372. The number of carbonyl (C=O) groups is 1. The lowest BCUT2D eigenvalue weighted by Gasteiger charge is -2.32. The number of nitrogens with two attached hydrogens (primary N) is 1. The first kappa shape index (κ1) is 22.2. The van der Waals surface area contributed by atoms with Gasteiger partial charge in [-0.05, 0) is 49.5 Å². The molecule has 1 aromatic carbocycles. The van der Waals surface area contributed by atoms with Gasteiger partial charge in [-0.3, -0.25) is 14.5 Å². The van der Waals surface area contributed by atoms with Gasteiger partial charge in [0.15, 0.2) is 0 Å². The number of nitrogens with zero attached hydrogens (tertiary/aromatic N) is 1. The first-order chi connectivity index (χ1) is 14.1. The molecule has 0 radical (unpaired) electrons. The van der Waals surface area contributed by atoms with Gasteiger partial charge in [-0.15, -0.1) is 0 Å². The highest BCUT2D eigenvalue weighted by atomic mass is 35.5. The maximum absolute atomic E-state index is 13.2. The normalized spacial score (nSPS) is 15.9. The van der Waals surface area contributed by atoms with E-state index < -0.39 is 23.2 Å². The van der Waals surface area contributed by atoms with E-state index in [1.54, 1.807) is 6.07 Å². The van der Waals surface area contributed by atoms with Crippen molar-refractivity contribution in [1.29, 1.82) is 0 Å². The fourth-order valence-corrected chi connectivity index (χ4v) is 3.70. The average molecular weight is 443 g/mol. The Morgan fingerprint density at radius 3 is 2.60 bits per heavy atom. The molecule has 2 aromatic rings. The fraction of sp³-hybridized carbons (Fsp3) is 0.400. The van der Waals surface area contributed by atoms with Crippen molar-refractivity contribution in [3.8, 4) is 0 Å². The molecule has 1 aliphatic heterocycles. The number of hydrogen-bond donors (Lipinski definition) is 3. The molecule has 1 aromatic heterocycles. The smallest absolute Gasteiger partial charge is 0.384 e. The summed E-state index contributed by atoms with van der Waals surface area (Å²) in [5.41, 5.74) is 4.42. The lowest BCUT2D eigenvalue weighted by atomic mass is 9.96. The van der Waals surface area contributed by atoms with E-state index in [2.05, 4.69) is 10.3 Å². The number of rotatable bonds is 5. The number of aromatic amines is 1. The molecule has 0 spiro atoms. The van der Waals surface area contributed by atoms with Gasteiger partial charge in [0.2, 0.25) is 0 Å². The molecule has 0 bridgehead atoms. The van der Waals surface area contributed by atoms with Crippen LogP contribution < -0.4 is 16.6 Å². The molecular weight excluding hydrogens is 421 g/mol.